The van der Waals surface area contributed by atoms with Crippen molar-refractivity contribution in [2.75, 3.05) is 0 Å². The van der Waals surface area contributed by atoms with Crippen LogP contribution in [-0.4, -0.2) is 16.9 Å². The SMILES string of the molecule is NC1=Nc2ccc(F)cc2C=C(C(=O)O)C1. The van der Waals surface area contributed by atoms with Gasteiger partial charge in [-0.1, -0.05) is 0 Å². The van der Waals surface area contributed by atoms with Crippen LogP contribution in [0.3, 0.4) is 0 Å². The number of carbonyl (C=O) groups is 1. The van der Waals surface area contributed by atoms with E-state index in [1.165, 1.54) is 24.3 Å². The van der Waals surface area contributed by atoms with Gasteiger partial charge in [-0.15, -0.1) is 0 Å². The number of hydrogen-bond donors (Lipinski definition) is 2. The van der Waals surface area contributed by atoms with Crippen LogP contribution in [0.5, 0.6) is 0 Å². The molecule has 3 N–H and O–H groups in total. The summed E-state index contributed by atoms with van der Waals surface area (Å²) < 4.78 is 13.0. The van der Waals surface area contributed by atoms with Gasteiger partial charge in [-0.2, -0.15) is 0 Å². The molecule has 1 aliphatic rings. The number of carboxylic acid groups (broad SMARTS) is 1. The maximum absolute atomic E-state index is 13.0. The van der Waals surface area contributed by atoms with E-state index in [1.54, 1.807) is 0 Å². The Morgan fingerprint density at radius 1 is 1.50 bits per heavy atom. The molecule has 0 radical (unpaired) electrons. The third-order valence-electron chi connectivity index (χ3n) is 2.23. The van der Waals surface area contributed by atoms with Gasteiger partial charge in [0.05, 0.1) is 5.69 Å². The second kappa shape index (κ2) is 3.77. The Bertz CT molecular complexity index is 521. The zero-order valence-electron chi connectivity index (χ0n) is 8.27. The Balaban J connectivity index is 2.61. The van der Waals surface area contributed by atoms with E-state index in [0.717, 1.165) is 0 Å². The van der Waals surface area contributed by atoms with Crippen LogP contribution in [0.2, 0.25) is 0 Å². The number of aliphatic imine (C=N–C) groups is 1. The topological polar surface area (TPSA) is 75.7 Å². The van der Waals surface area contributed by atoms with E-state index < -0.39 is 11.8 Å². The Morgan fingerprint density at radius 3 is 2.94 bits per heavy atom. The predicted octanol–water partition coefficient (Wildman–Crippen LogP) is 1.69. The van der Waals surface area contributed by atoms with Crippen molar-refractivity contribution in [3.63, 3.8) is 0 Å². The summed E-state index contributed by atoms with van der Waals surface area (Å²) in [5, 5.41) is 8.90. The molecule has 0 fully saturated rings. The molecule has 1 aromatic rings. The molecule has 1 heterocycles. The predicted molar refractivity (Wildman–Crippen MR) is 57.9 cm³/mol. The molecule has 0 unspecified atom stereocenters. The van der Waals surface area contributed by atoms with Crippen molar-refractivity contribution in [1.82, 2.24) is 0 Å². The minimum absolute atomic E-state index is 0.0611. The van der Waals surface area contributed by atoms with Gasteiger partial charge in [0.1, 0.15) is 11.7 Å². The number of carboxylic acids is 1. The highest BCUT2D eigenvalue weighted by Gasteiger charge is 2.15. The van der Waals surface area contributed by atoms with E-state index in [9.17, 15) is 9.18 Å². The quantitative estimate of drug-likeness (QED) is 0.756. The van der Waals surface area contributed by atoms with Crippen LogP contribution in [-0.2, 0) is 4.79 Å². The van der Waals surface area contributed by atoms with E-state index in [2.05, 4.69) is 4.99 Å². The molecule has 0 aromatic heterocycles. The fourth-order valence-electron chi connectivity index (χ4n) is 1.51. The van der Waals surface area contributed by atoms with Gasteiger partial charge in [-0.3, -0.25) is 0 Å². The van der Waals surface area contributed by atoms with Crippen LogP contribution in [0.15, 0.2) is 28.8 Å². The van der Waals surface area contributed by atoms with E-state index in [4.69, 9.17) is 10.8 Å². The highest BCUT2D eigenvalue weighted by molar-refractivity contribution is 6.02. The number of benzene rings is 1. The van der Waals surface area contributed by atoms with Crippen molar-refractivity contribution in [2.45, 2.75) is 6.42 Å². The van der Waals surface area contributed by atoms with Gasteiger partial charge in [-0.25, -0.2) is 14.2 Å². The van der Waals surface area contributed by atoms with Crippen molar-refractivity contribution in [3.05, 3.63) is 35.2 Å². The first-order chi connectivity index (χ1) is 7.56. The van der Waals surface area contributed by atoms with Crippen molar-refractivity contribution >= 4 is 23.6 Å². The van der Waals surface area contributed by atoms with Crippen molar-refractivity contribution in [2.24, 2.45) is 10.7 Å². The van der Waals surface area contributed by atoms with E-state index in [1.807, 2.05) is 0 Å². The molecular formula is C11H9FN2O2. The third kappa shape index (κ3) is 1.93. The summed E-state index contributed by atoms with van der Waals surface area (Å²) in [7, 11) is 0. The summed E-state index contributed by atoms with van der Waals surface area (Å²) >= 11 is 0. The molecule has 5 heteroatoms. The minimum atomic E-state index is -1.07. The number of fused-ring (bicyclic) bond motifs is 1. The summed E-state index contributed by atoms with van der Waals surface area (Å²) in [6.07, 6.45) is 1.45. The molecule has 0 aliphatic carbocycles. The molecule has 0 atom stereocenters. The smallest absolute Gasteiger partial charge is 0.332 e. The molecule has 0 amide bonds. The Labute approximate surface area is 90.9 Å². The van der Waals surface area contributed by atoms with Gasteiger partial charge < -0.3 is 10.8 Å². The number of amidine groups is 1. The van der Waals surface area contributed by atoms with Gasteiger partial charge in [0.2, 0.25) is 0 Å². The summed E-state index contributed by atoms with van der Waals surface area (Å²) in [5.74, 6) is -1.30. The molecule has 1 aromatic carbocycles. The molecule has 4 nitrogen and oxygen atoms in total. The van der Waals surface area contributed by atoms with Gasteiger partial charge >= 0.3 is 5.97 Å². The highest BCUT2D eigenvalue weighted by atomic mass is 19.1. The van der Waals surface area contributed by atoms with Crippen LogP contribution in [0.1, 0.15) is 12.0 Å². The lowest BCUT2D eigenvalue weighted by molar-refractivity contribution is -0.132. The molecule has 0 saturated heterocycles. The molecule has 0 bridgehead atoms. The standard InChI is InChI=1S/C11H9FN2O2/c12-8-1-2-9-6(4-8)3-7(11(15)16)5-10(13)14-9/h1-4H,5H2,(H2,13,14)(H,15,16). The maximum Gasteiger partial charge on any atom is 0.332 e. The largest absolute Gasteiger partial charge is 0.478 e. The lowest BCUT2D eigenvalue weighted by Crippen LogP contribution is -2.14. The molecule has 82 valence electrons. The summed E-state index contributed by atoms with van der Waals surface area (Å²) in [4.78, 5) is 14.9. The summed E-state index contributed by atoms with van der Waals surface area (Å²) in [6, 6.07) is 3.97. The lowest BCUT2D eigenvalue weighted by Gasteiger charge is -1.99. The van der Waals surface area contributed by atoms with Crippen LogP contribution in [0, 0.1) is 5.82 Å². The van der Waals surface area contributed by atoms with Crippen molar-refractivity contribution in [1.29, 1.82) is 0 Å². The normalized spacial score (nSPS) is 14.6. The second-order valence-electron chi connectivity index (χ2n) is 3.46. The number of aliphatic carboxylic acids is 1. The molecule has 16 heavy (non-hydrogen) atoms. The lowest BCUT2D eigenvalue weighted by atomic mass is 10.1. The van der Waals surface area contributed by atoms with Crippen molar-refractivity contribution in [3.8, 4) is 0 Å². The monoisotopic (exact) mass is 220 g/mol. The number of nitrogens with zero attached hydrogens (tertiary/aromatic N) is 1. The zero-order chi connectivity index (χ0) is 11.7. The first-order valence-electron chi connectivity index (χ1n) is 4.63. The molecular weight excluding hydrogens is 211 g/mol. The molecule has 0 spiro atoms. The first-order valence-corrected chi connectivity index (χ1v) is 4.63. The van der Waals surface area contributed by atoms with Gasteiger partial charge in [0.25, 0.3) is 0 Å². The van der Waals surface area contributed by atoms with Crippen LogP contribution >= 0.6 is 0 Å². The van der Waals surface area contributed by atoms with E-state index in [0.29, 0.717) is 11.3 Å². The average molecular weight is 220 g/mol. The van der Waals surface area contributed by atoms with Crippen LogP contribution < -0.4 is 5.73 Å². The van der Waals surface area contributed by atoms with E-state index in [-0.39, 0.29) is 17.8 Å². The number of halogens is 1. The number of hydrogen-bond acceptors (Lipinski definition) is 3. The summed E-state index contributed by atoms with van der Waals surface area (Å²) in [6.45, 7) is 0. The maximum atomic E-state index is 13.0. The summed E-state index contributed by atoms with van der Waals surface area (Å²) in [5.41, 5.74) is 6.58. The first kappa shape index (κ1) is 10.4. The van der Waals surface area contributed by atoms with Crippen LogP contribution in [0.4, 0.5) is 10.1 Å². The fraction of sp³-hybridized carbons (Fsp3) is 0.0909. The number of rotatable bonds is 1. The van der Waals surface area contributed by atoms with Gasteiger partial charge in [-0.05, 0) is 24.3 Å². The second-order valence-corrected chi connectivity index (χ2v) is 3.46. The Morgan fingerprint density at radius 2 is 2.25 bits per heavy atom. The molecule has 1 aliphatic heterocycles. The van der Waals surface area contributed by atoms with Crippen LogP contribution in [0.25, 0.3) is 6.08 Å². The number of nitrogens with two attached hydrogens (primary N) is 1. The van der Waals surface area contributed by atoms with Gasteiger partial charge in [0, 0.05) is 17.6 Å². The van der Waals surface area contributed by atoms with Gasteiger partial charge in [0.15, 0.2) is 0 Å². The minimum Gasteiger partial charge on any atom is -0.478 e. The fourth-order valence-corrected chi connectivity index (χ4v) is 1.51. The highest BCUT2D eigenvalue weighted by Crippen LogP contribution is 2.26. The van der Waals surface area contributed by atoms with E-state index >= 15 is 0 Å². The third-order valence-corrected chi connectivity index (χ3v) is 2.23. The van der Waals surface area contributed by atoms with Crippen molar-refractivity contribution < 1.29 is 14.3 Å². The Kier molecular flexibility index (Phi) is 2.44. The molecule has 0 saturated carbocycles. The molecule has 2 rings (SSSR count). The average Bonchev–Trinajstić information content (AvgIpc) is 2.36. The zero-order valence-corrected chi connectivity index (χ0v) is 8.27. The Hall–Kier alpha value is -2.17.